The number of amides is 1. The molecular weight excluding hydrogens is 266 g/mol. The smallest absolute Gasteiger partial charge is 0.307 e. The van der Waals surface area contributed by atoms with E-state index in [0.29, 0.717) is 12.3 Å². The van der Waals surface area contributed by atoms with Crippen LogP contribution in [0.1, 0.15) is 44.9 Å². The Hall–Kier alpha value is -1.32. The summed E-state index contributed by atoms with van der Waals surface area (Å²) in [5.41, 5.74) is 0. The van der Waals surface area contributed by atoms with Crippen LogP contribution < -0.4 is 0 Å². The van der Waals surface area contributed by atoms with E-state index in [1.807, 2.05) is 11.0 Å². The minimum absolute atomic E-state index is 0.0913. The molecule has 1 saturated carbocycles. The third kappa shape index (κ3) is 2.99. The lowest BCUT2D eigenvalue weighted by molar-refractivity contribution is -0.155. The molecule has 0 radical (unpaired) electrons. The molecule has 4 heteroatoms. The van der Waals surface area contributed by atoms with Gasteiger partial charge >= 0.3 is 5.97 Å². The average Bonchev–Trinajstić information content (AvgIpc) is 2.50. The zero-order chi connectivity index (χ0) is 14.8. The summed E-state index contributed by atoms with van der Waals surface area (Å²) in [5.74, 6) is -0.820. The number of carboxylic acids is 1. The quantitative estimate of drug-likeness (QED) is 0.813. The van der Waals surface area contributed by atoms with E-state index in [1.165, 1.54) is 32.1 Å². The number of carbonyl (C=O) groups excluding carboxylic acids is 1. The summed E-state index contributed by atoms with van der Waals surface area (Å²) >= 11 is 0. The highest BCUT2D eigenvalue weighted by atomic mass is 16.4. The van der Waals surface area contributed by atoms with Crippen LogP contribution in [0.3, 0.4) is 0 Å². The second kappa shape index (κ2) is 6.20. The fourth-order valence-electron chi connectivity index (χ4n) is 4.34. The van der Waals surface area contributed by atoms with Crippen LogP contribution in [0.25, 0.3) is 0 Å². The van der Waals surface area contributed by atoms with Gasteiger partial charge in [-0.05, 0) is 37.5 Å². The highest BCUT2D eigenvalue weighted by Crippen LogP contribution is 2.38. The molecule has 116 valence electrons. The number of piperidine rings is 1. The van der Waals surface area contributed by atoms with Crippen LogP contribution in [0.4, 0.5) is 0 Å². The van der Waals surface area contributed by atoms with Crippen molar-refractivity contribution in [3.8, 4) is 0 Å². The summed E-state index contributed by atoms with van der Waals surface area (Å²) in [6.45, 7) is 1.64. The van der Waals surface area contributed by atoms with Crippen LogP contribution in [0.5, 0.6) is 0 Å². The van der Waals surface area contributed by atoms with Crippen molar-refractivity contribution in [2.75, 3.05) is 13.1 Å². The molecule has 0 aromatic heterocycles. The monoisotopic (exact) mass is 291 g/mol. The normalized spacial score (nSPS) is 33.8. The van der Waals surface area contributed by atoms with E-state index in [-0.39, 0.29) is 17.7 Å². The number of nitrogens with zero attached hydrogens (tertiary/aromatic N) is 1. The molecule has 1 aliphatic heterocycles. The lowest BCUT2D eigenvalue weighted by Crippen LogP contribution is -2.51. The van der Waals surface area contributed by atoms with Crippen molar-refractivity contribution in [1.82, 2.24) is 4.90 Å². The summed E-state index contributed by atoms with van der Waals surface area (Å²) in [7, 11) is 0. The number of aliphatic carboxylic acids is 1. The standard InChI is InChI=1S/C17H25NO3/c19-16-15-13(7-4-8-14(15)17(20)21)9-10-18(16)11-12-5-2-1-3-6-12/h4,7,12-15H,1-3,5-6,8-11H2,(H,20,21)/t13-,14-,15+/m0/s1. The van der Waals surface area contributed by atoms with Crippen molar-refractivity contribution in [3.63, 3.8) is 0 Å². The first kappa shape index (κ1) is 14.6. The van der Waals surface area contributed by atoms with Crippen LogP contribution in [-0.2, 0) is 9.59 Å². The fourth-order valence-corrected chi connectivity index (χ4v) is 4.34. The molecule has 1 heterocycles. The van der Waals surface area contributed by atoms with E-state index in [2.05, 4.69) is 6.08 Å². The first-order chi connectivity index (χ1) is 10.2. The summed E-state index contributed by atoms with van der Waals surface area (Å²) in [4.78, 5) is 26.2. The zero-order valence-corrected chi connectivity index (χ0v) is 12.5. The number of carboxylic acid groups (broad SMARTS) is 1. The Morgan fingerprint density at radius 1 is 1.24 bits per heavy atom. The van der Waals surface area contributed by atoms with Crippen LogP contribution >= 0.6 is 0 Å². The van der Waals surface area contributed by atoms with Gasteiger partial charge in [0.25, 0.3) is 0 Å². The maximum absolute atomic E-state index is 12.8. The molecule has 1 amide bonds. The number of allylic oxidation sites excluding steroid dienone is 2. The molecule has 0 aromatic carbocycles. The van der Waals surface area contributed by atoms with Crippen molar-refractivity contribution in [3.05, 3.63) is 12.2 Å². The molecule has 21 heavy (non-hydrogen) atoms. The van der Waals surface area contributed by atoms with Gasteiger partial charge in [-0.3, -0.25) is 9.59 Å². The average molecular weight is 291 g/mol. The van der Waals surface area contributed by atoms with Crippen LogP contribution in [0.2, 0.25) is 0 Å². The summed E-state index contributed by atoms with van der Waals surface area (Å²) in [6, 6.07) is 0. The van der Waals surface area contributed by atoms with Gasteiger partial charge in [0.2, 0.25) is 5.91 Å². The van der Waals surface area contributed by atoms with Crippen molar-refractivity contribution >= 4 is 11.9 Å². The number of likely N-dealkylation sites (tertiary alicyclic amines) is 1. The summed E-state index contributed by atoms with van der Waals surface area (Å²) < 4.78 is 0. The minimum atomic E-state index is -0.817. The van der Waals surface area contributed by atoms with Crippen molar-refractivity contribution < 1.29 is 14.7 Å². The van der Waals surface area contributed by atoms with E-state index in [0.717, 1.165) is 19.5 Å². The molecule has 2 fully saturated rings. The Kier molecular flexibility index (Phi) is 4.32. The van der Waals surface area contributed by atoms with Crippen LogP contribution in [-0.4, -0.2) is 35.0 Å². The van der Waals surface area contributed by atoms with Gasteiger partial charge in [-0.2, -0.15) is 0 Å². The predicted molar refractivity (Wildman–Crippen MR) is 79.6 cm³/mol. The molecule has 1 saturated heterocycles. The molecule has 0 spiro atoms. The SMILES string of the molecule is O=C(O)[C@H]1CC=C[C@H]2CCN(CC3CCCCC3)C(=O)[C@@H]12. The maximum Gasteiger partial charge on any atom is 0.307 e. The van der Waals surface area contributed by atoms with Crippen molar-refractivity contribution in [1.29, 1.82) is 0 Å². The molecule has 2 aliphatic carbocycles. The third-order valence-electron chi connectivity index (χ3n) is 5.52. The van der Waals surface area contributed by atoms with E-state index < -0.39 is 11.9 Å². The Balaban J connectivity index is 1.69. The Morgan fingerprint density at radius 2 is 2.00 bits per heavy atom. The summed E-state index contributed by atoms with van der Waals surface area (Å²) in [5, 5.41) is 9.40. The van der Waals surface area contributed by atoms with Gasteiger partial charge in [0.1, 0.15) is 0 Å². The second-order valence-corrected chi connectivity index (χ2v) is 6.88. The van der Waals surface area contributed by atoms with Gasteiger partial charge < -0.3 is 10.0 Å². The number of fused-ring (bicyclic) bond motifs is 1. The van der Waals surface area contributed by atoms with Gasteiger partial charge in [0.15, 0.2) is 0 Å². The topological polar surface area (TPSA) is 57.6 Å². The molecule has 0 bridgehead atoms. The number of rotatable bonds is 3. The largest absolute Gasteiger partial charge is 0.481 e. The second-order valence-electron chi connectivity index (χ2n) is 6.88. The third-order valence-corrected chi connectivity index (χ3v) is 5.52. The Bertz CT molecular complexity index is 439. The highest BCUT2D eigenvalue weighted by molar-refractivity contribution is 5.86. The number of hydrogen-bond acceptors (Lipinski definition) is 2. The number of hydrogen-bond donors (Lipinski definition) is 1. The van der Waals surface area contributed by atoms with Crippen molar-refractivity contribution in [2.45, 2.75) is 44.9 Å². The van der Waals surface area contributed by atoms with E-state index >= 15 is 0 Å². The molecular formula is C17H25NO3. The van der Waals surface area contributed by atoms with Crippen LogP contribution in [0.15, 0.2) is 12.2 Å². The Morgan fingerprint density at radius 3 is 2.71 bits per heavy atom. The number of carbonyl (C=O) groups is 2. The fraction of sp³-hybridized carbons (Fsp3) is 0.765. The lowest BCUT2D eigenvalue weighted by atomic mass is 9.71. The van der Waals surface area contributed by atoms with Crippen LogP contribution in [0, 0.1) is 23.7 Å². The molecule has 0 unspecified atom stereocenters. The molecule has 0 aromatic rings. The minimum Gasteiger partial charge on any atom is -0.481 e. The highest BCUT2D eigenvalue weighted by Gasteiger charge is 2.44. The molecule has 3 rings (SSSR count). The Labute approximate surface area is 126 Å². The van der Waals surface area contributed by atoms with E-state index in [1.54, 1.807) is 0 Å². The van der Waals surface area contributed by atoms with Crippen molar-refractivity contribution in [2.24, 2.45) is 23.7 Å². The van der Waals surface area contributed by atoms with Gasteiger partial charge in [-0.15, -0.1) is 0 Å². The molecule has 3 atom stereocenters. The van der Waals surface area contributed by atoms with E-state index in [9.17, 15) is 14.7 Å². The molecule has 4 nitrogen and oxygen atoms in total. The first-order valence-electron chi connectivity index (χ1n) is 8.35. The lowest BCUT2D eigenvalue weighted by Gasteiger charge is -2.42. The predicted octanol–water partition coefficient (Wildman–Crippen LogP) is 2.69. The first-order valence-corrected chi connectivity index (χ1v) is 8.35. The molecule has 1 N–H and O–H groups in total. The maximum atomic E-state index is 12.8. The van der Waals surface area contributed by atoms with Gasteiger partial charge in [-0.25, -0.2) is 0 Å². The van der Waals surface area contributed by atoms with Gasteiger partial charge in [-0.1, -0.05) is 31.4 Å². The van der Waals surface area contributed by atoms with E-state index in [4.69, 9.17) is 0 Å². The van der Waals surface area contributed by atoms with Gasteiger partial charge in [0, 0.05) is 13.1 Å². The molecule has 3 aliphatic rings. The summed E-state index contributed by atoms with van der Waals surface area (Å²) in [6.07, 6.45) is 11.8. The van der Waals surface area contributed by atoms with Gasteiger partial charge in [0.05, 0.1) is 11.8 Å². The zero-order valence-electron chi connectivity index (χ0n) is 12.5.